The van der Waals surface area contributed by atoms with E-state index in [1.807, 2.05) is 6.92 Å². The summed E-state index contributed by atoms with van der Waals surface area (Å²) < 4.78 is 36.6. The fraction of sp³-hybridized carbons (Fsp3) is 0.583. The number of carbonyl (C=O) groups excluding carboxylic acids is 1. The van der Waals surface area contributed by atoms with Gasteiger partial charge in [0.1, 0.15) is 10.7 Å². The van der Waals surface area contributed by atoms with Gasteiger partial charge in [-0.15, -0.1) is 0 Å². The highest BCUT2D eigenvalue weighted by Gasteiger charge is 2.25. The van der Waals surface area contributed by atoms with Crippen molar-refractivity contribution in [1.82, 2.24) is 0 Å². The fourth-order valence-corrected chi connectivity index (χ4v) is 2.30. The van der Waals surface area contributed by atoms with Crippen LogP contribution in [0.15, 0.2) is 15.4 Å². The number of unbranched alkanes of at least 4 members (excludes halogenated alkanes) is 2. The van der Waals surface area contributed by atoms with E-state index in [2.05, 4.69) is 0 Å². The average molecular weight is 274 g/mol. The molecule has 0 bridgehead atoms. The van der Waals surface area contributed by atoms with Crippen molar-refractivity contribution in [3.63, 3.8) is 0 Å². The zero-order chi connectivity index (χ0) is 13.8. The van der Waals surface area contributed by atoms with Crippen LogP contribution < -0.4 is 0 Å². The maximum atomic E-state index is 11.8. The van der Waals surface area contributed by atoms with E-state index in [9.17, 15) is 13.2 Å². The Morgan fingerprint density at radius 2 is 2.00 bits per heavy atom. The Morgan fingerprint density at radius 3 is 2.50 bits per heavy atom. The minimum atomic E-state index is -4.41. The molecule has 0 atom stereocenters. The highest BCUT2D eigenvalue weighted by Crippen LogP contribution is 2.23. The van der Waals surface area contributed by atoms with Gasteiger partial charge in [0.15, 0.2) is 11.5 Å². The first-order valence-corrected chi connectivity index (χ1v) is 7.47. The molecule has 0 saturated heterocycles. The van der Waals surface area contributed by atoms with Crippen LogP contribution in [0.25, 0.3) is 0 Å². The third-order valence-corrected chi connectivity index (χ3v) is 3.50. The summed E-state index contributed by atoms with van der Waals surface area (Å²) in [4.78, 5) is 11.4. The number of carbonyl (C=O) groups is 1. The van der Waals surface area contributed by atoms with E-state index in [4.69, 9.17) is 8.97 Å². The van der Waals surface area contributed by atoms with Gasteiger partial charge in [0.05, 0.1) is 0 Å². The molecule has 0 aromatic carbocycles. The van der Waals surface area contributed by atoms with Crippen molar-refractivity contribution in [2.45, 2.75) is 50.8 Å². The Balaban J connectivity index is 3.00. The summed E-state index contributed by atoms with van der Waals surface area (Å²) in [6.45, 7) is 3.79. The van der Waals surface area contributed by atoms with E-state index >= 15 is 0 Å². The van der Waals surface area contributed by atoms with Crippen molar-refractivity contribution in [2.24, 2.45) is 0 Å². The van der Waals surface area contributed by atoms with Gasteiger partial charge in [-0.3, -0.25) is 9.35 Å². The van der Waals surface area contributed by atoms with E-state index in [-0.39, 0.29) is 18.0 Å². The van der Waals surface area contributed by atoms with Gasteiger partial charge in [-0.05, 0) is 6.42 Å². The standard InChI is InChI=1S/C12H18O5S/c1-3-5-6-7-10(13)12-11(18(14,15)16)8-9(4-2)17-12/h8H,3-7H2,1-2H3,(H,14,15,16). The number of furan rings is 1. The monoisotopic (exact) mass is 274 g/mol. The molecule has 102 valence electrons. The highest BCUT2D eigenvalue weighted by molar-refractivity contribution is 7.86. The number of hydrogen-bond acceptors (Lipinski definition) is 4. The van der Waals surface area contributed by atoms with Crippen LogP contribution in [-0.2, 0) is 16.5 Å². The lowest BCUT2D eigenvalue weighted by Gasteiger charge is -1.99. The summed E-state index contributed by atoms with van der Waals surface area (Å²) in [5.74, 6) is -0.248. The topological polar surface area (TPSA) is 84.6 Å². The van der Waals surface area contributed by atoms with E-state index in [0.717, 1.165) is 12.8 Å². The molecule has 0 aliphatic heterocycles. The number of rotatable bonds is 7. The van der Waals surface area contributed by atoms with Crippen LogP contribution in [0.1, 0.15) is 55.8 Å². The first kappa shape index (κ1) is 14.9. The lowest BCUT2D eigenvalue weighted by molar-refractivity contribution is 0.0946. The van der Waals surface area contributed by atoms with Gasteiger partial charge in [-0.2, -0.15) is 8.42 Å². The maximum absolute atomic E-state index is 11.8. The third-order valence-electron chi connectivity index (χ3n) is 2.64. The van der Waals surface area contributed by atoms with Gasteiger partial charge in [0, 0.05) is 18.9 Å². The van der Waals surface area contributed by atoms with E-state index < -0.39 is 15.0 Å². The molecule has 0 spiro atoms. The van der Waals surface area contributed by atoms with Crippen molar-refractivity contribution in [2.75, 3.05) is 0 Å². The Hall–Kier alpha value is -1.14. The van der Waals surface area contributed by atoms with Crippen molar-refractivity contribution >= 4 is 15.9 Å². The molecule has 0 amide bonds. The van der Waals surface area contributed by atoms with Crippen molar-refractivity contribution in [3.05, 3.63) is 17.6 Å². The summed E-state index contributed by atoms with van der Waals surface area (Å²) >= 11 is 0. The van der Waals surface area contributed by atoms with Gasteiger partial charge >= 0.3 is 0 Å². The molecule has 0 radical (unpaired) electrons. The summed E-state index contributed by atoms with van der Waals surface area (Å²) in [5, 5.41) is 0. The van der Waals surface area contributed by atoms with Gasteiger partial charge in [-0.1, -0.05) is 26.7 Å². The summed E-state index contributed by atoms with van der Waals surface area (Å²) in [6.07, 6.45) is 3.24. The second kappa shape index (κ2) is 6.15. The molecule has 1 N–H and O–H groups in total. The van der Waals surface area contributed by atoms with Crippen LogP contribution >= 0.6 is 0 Å². The minimum absolute atomic E-state index is 0.229. The molecular formula is C12H18O5S. The SMILES string of the molecule is CCCCCC(=O)c1oc(CC)cc1S(=O)(=O)O. The summed E-state index contributed by atoms with van der Waals surface area (Å²) in [7, 11) is -4.41. The molecule has 1 aromatic rings. The fourth-order valence-electron chi connectivity index (χ4n) is 1.63. The average Bonchev–Trinajstić information content (AvgIpc) is 2.73. The molecule has 0 aliphatic carbocycles. The van der Waals surface area contributed by atoms with E-state index in [0.29, 0.717) is 18.6 Å². The van der Waals surface area contributed by atoms with Gasteiger partial charge < -0.3 is 4.42 Å². The van der Waals surface area contributed by atoms with Crippen LogP contribution in [-0.4, -0.2) is 18.8 Å². The van der Waals surface area contributed by atoms with Crippen LogP contribution in [0.5, 0.6) is 0 Å². The van der Waals surface area contributed by atoms with Crippen LogP contribution in [0.3, 0.4) is 0 Å². The van der Waals surface area contributed by atoms with Crippen molar-refractivity contribution < 1.29 is 22.2 Å². The van der Waals surface area contributed by atoms with Crippen molar-refractivity contribution in [1.29, 1.82) is 0 Å². The molecule has 1 aromatic heterocycles. The Labute approximate surface area is 107 Å². The van der Waals surface area contributed by atoms with Crippen LogP contribution in [0.2, 0.25) is 0 Å². The number of hydrogen-bond donors (Lipinski definition) is 1. The molecule has 1 heterocycles. The van der Waals surface area contributed by atoms with Crippen molar-refractivity contribution in [3.8, 4) is 0 Å². The molecule has 18 heavy (non-hydrogen) atoms. The van der Waals surface area contributed by atoms with E-state index in [1.165, 1.54) is 6.07 Å². The third kappa shape index (κ3) is 3.68. The van der Waals surface area contributed by atoms with Gasteiger partial charge in [-0.25, -0.2) is 0 Å². The lowest BCUT2D eigenvalue weighted by Crippen LogP contribution is -2.05. The molecule has 6 heteroatoms. The first-order valence-electron chi connectivity index (χ1n) is 6.03. The smallest absolute Gasteiger partial charge is 0.298 e. The van der Waals surface area contributed by atoms with E-state index in [1.54, 1.807) is 6.92 Å². The Kier molecular flexibility index (Phi) is 5.10. The molecule has 0 aliphatic rings. The Bertz CT molecular complexity index is 513. The lowest BCUT2D eigenvalue weighted by atomic mass is 10.1. The quantitative estimate of drug-likeness (QED) is 0.469. The molecule has 0 fully saturated rings. The number of Topliss-reactive ketones (excluding diaryl/α,β-unsaturated/α-hetero) is 1. The molecular weight excluding hydrogens is 256 g/mol. The predicted molar refractivity (Wildman–Crippen MR) is 66.4 cm³/mol. The molecule has 0 unspecified atom stereocenters. The van der Waals surface area contributed by atoms with Crippen LogP contribution in [0, 0.1) is 0 Å². The van der Waals surface area contributed by atoms with Gasteiger partial charge in [0.25, 0.3) is 10.1 Å². The number of aryl methyl sites for hydroxylation is 1. The second-order valence-electron chi connectivity index (χ2n) is 4.11. The molecule has 1 rings (SSSR count). The zero-order valence-corrected chi connectivity index (χ0v) is 11.4. The first-order chi connectivity index (χ1) is 8.40. The minimum Gasteiger partial charge on any atom is -0.456 e. The normalized spacial score (nSPS) is 11.7. The second-order valence-corrected chi connectivity index (χ2v) is 5.50. The molecule has 0 saturated carbocycles. The highest BCUT2D eigenvalue weighted by atomic mass is 32.2. The Morgan fingerprint density at radius 1 is 1.33 bits per heavy atom. The van der Waals surface area contributed by atoms with Crippen LogP contribution in [0.4, 0.5) is 0 Å². The number of ketones is 1. The largest absolute Gasteiger partial charge is 0.456 e. The summed E-state index contributed by atoms with van der Waals surface area (Å²) in [6, 6.07) is 1.21. The predicted octanol–water partition coefficient (Wildman–Crippen LogP) is 2.85. The molecule has 5 nitrogen and oxygen atoms in total. The zero-order valence-electron chi connectivity index (χ0n) is 10.6. The maximum Gasteiger partial charge on any atom is 0.298 e. The van der Waals surface area contributed by atoms with Gasteiger partial charge in [0.2, 0.25) is 0 Å². The summed E-state index contributed by atoms with van der Waals surface area (Å²) in [5.41, 5.74) is 0.